The lowest BCUT2D eigenvalue weighted by molar-refractivity contribution is -0.120. The van der Waals surface area contributed by atoms with E-state index in [0.717, 1.165) is 17.7 Å². The van der Waals surface area contributed by atoms with E-state index in [9.17, 15) is 9.59 Å². The summed E-state index contributed by atoms with van der Waals surface area (Å²) in [6.07, 6.45) is 3.53. The van der Waals surface area contributed by atoms with Crippen molar-refractivity contribution in [3.05, 3.63) is 29.3 Å². The van der Waals surface area contributed by atoms with Crippen LogP contribution in [0.25, 0.3) is 0 Å². The monoisotopic (exact) mass is 377 g/mol. The highest BCUT2D eigenvalue weighted by Crippen LogP contribution is 2.30. The lowest BCUT2D eigenvalue weighted by atomic mass is 9.78. The predicted molar refractivity (Wildman–Crippen MR) is 108 cm³/mol. The first-order valence-corrected chi connectivity index (χ1v) is 10.7. The second-order valence-corrected chi connectivity index (χ2v) is 8.23. The highest BCUT2D eigenvalue weighted by molar-refractivity contribution is 7.99. The Kier molecular flexibility index (Phi) is 8.01. The molecule has 1 aromatic carbocycles. The second kappa shape index (κ2) is 10.0. The number of ether oxygens (including phenoxy) is 1. The SMILES string of the molecule is CCOc1ccc(C(C)=O)cc1CSCC(=O)N[C@@H]1CCC[C@@H](C)[C@@H]1C. The Labute approximate surface area is 161 Å². The Balaban J connectivity index is 1.89. The molecule has 26 heavy (non-hydrogen) atoms. The van der Waals surface area contributed by atoms with Gasteiger partial charge in [0.25, 0.3) is 0 Å². The molecule has 1 aromatic rings. The number of carbonyl (C=O) groups is 2. The predicted octanol–water partition coefficient (Wildman–Crippen LogP) is 4.46. The van der Waals surface area contributed by atoms with Crippen molar-refractivity contribution in [3.8, 4) is 5.75 Å². The van der Waals surface area contributed by atoms with E-state index in [0.29, 0.717) is 41.6 Å². The summed E-state index contributed by atoms with van der Waals surface area (Å²) in [7, 11) is 0. The number of rotatable bonds is 8. The minimum absolute atomic E-state index is 0.0393. The molecule has 1 N–H and O–H groups in total. The van der Waals surface area contributed by atoms with Crippen molar-refractivity contribution in [1.82, 2.24) is 5.32 Å². The fourth-order valence-electron chi connectivity index (χ4n) is 3.50. The van der Waals surface area contributed by atoms with Gasteiger partial charge in [-0.1, -0.05) is 26.7 Å². The molecule has 0 aliphatic heterocycles. The third-order valence-corrected chi connectivity index (χ3v) is 6.29. The second-order valence-electron chi connectivity index (χ2n) is 7.25. The van der Waals surface area contributed by atoms with Crippen molar-refractivity contribution < 1.29 is 14.3 Å². The van der Waals surface area contributed by atoms with E-state index in [2.05, 4.69) is 19.2 Å². The summed E-state index contributed by atoms with van der Waals surface area (Å²) in [6.45, 7) is 8.59. The number of benzene rings is 1. The van der Waals surface area contributed by atoms with E-state index >= 15 is 0 Å². The standard InChI is InChI=1S/C21H31NO3S/c1-5-25-20-10-9-17(16(4)23)11-18(20)12-26-13-21(24)22-19-8-6-7-14(2)15(19)3/h9-11,14-15,19H,5-8,12-13H2,1-4H3,(H,22,24)/t14-,15+,19-/m1/s1. The molecule has 1 aliphatic rings. The van der Waals surface area contributed by atoms with Gasteiger partial charge in [0.1, 0.15) is 5.75 Å². The number of ketones is 1. The summed E-state index contributed by atoms with van der Waals surface area (Å²) in [5, 5.41) is 3.21. The number of thioether (sulfide) groups is 1. The largest absolute Gasteiger partial charge is 0.494 e. The first kappa shape index (κ1) is 20.8. The molecule has 1 aliphatic carbocycles. The molecule has 0 heterocycles. The molecule has 3 atom stereocenters. The Morgan fingerprint density at radius 2 is 2.04 bits per heavy atom. The van der Waals surface area contributed by atoms with Gasteiger partial charge in [-0.15, -0.1) is 11.8 Å². The van der Waals surface area contributed by atoms with Crippen LogP contribution in [0.5, 0.6) is 5.75 Å². The van der Waals surface area contributed by atoms with Crippen molar-refractivity contribution in [2.24, 2.45) is 11.8 Å². The molecule has 0 radical (unpaired) electrons. The van der Waals surface area contributed by atoms with E-state index in [1.54, 1.807) is 24.8 Å². The van der Waals surface area contributed by atoms with Crippen molar-refractivity contribution >= 4 is 23.5 Å². The van der Waals surface area contributed by atoms with E-state index in [1.807, 2.05) is 19.1 Å². The molecule has 1 saturated carbocycles. The van der Waals surface area contributed by atoms with Gasteiger partial charge < -0.3 is 10.1 Å². The van der Waals surface area contributed by atoms with Gasteiger partial charge in [0.2, 0.25) is 5.91 Å². The van der Waals surface area contributed by atoms with Gasteiger partial charge in [-0.3, -0.25) is 9.59 Å². The summed E-state index contributed by atoms with van der Waals surface area (Å²) >= 11 is 1.56. The van der Waals surface area contributed by atoms with Gasteiger partial charge in [0.05, 0.1) is 12.4 Å². The molecular formula is C21H31NO3S. The zero-order chi connectivity index (χ0) is 19.1. The van der Waals surface area contributed by atoms with Gasteiger partial charge in [-0.25, -0.2) is 0 Å². The van der Waals surface area contributed by atoms with Crippen LogP contribution >= 0.6 is 11.8 Å². The number of amides is 1. The third-order valence-electron chi connectivity index (χ3n) is 5.31. The summed E-state index contributed by atoms with van der Waals surface area (Å²) in [6, 6.07) is 5.82. The first-order chi connectivity index (χ1) is 12.4. The van der Waals surface area contributed by atoms with Gasteiger partial charge in [0, 0.05) is 22.9 Å². The lowest BCUT2D eigenvalue weighted by Gasteiger charge is -2.34. The fraction of sp³-hybridized carbons (Fsp3) is 0.619. The minimum atomic E-state index is 0.0393. The smallest absolute Gasteiger partial charge is 0.230 e. The van der Waals surface area contributed by atoms with Gasteiger partial charge in [-0.2, -0.15) is 0 Å². The molecule has 0 aromatic heterocycles. The molecule has 0 spiro atoms. The molecule has 0 bridgehead atoms. The average Bonchev–Trinajstić information content (AvgIpc) is 2.60. The van der Waals surface area contributed by atoms with Crippen LogP contribution in [0, 0.1) is 11.8 Å². The zero-order valence-electron chi connectivity index (χ0n) is 16.3. The van der Waals surface area contributed by atoms with E-state index < -0.39 is 0 Å². The summed E-state index contributed by atoms with van der Waals surface area (Å²) in [5.74, 6) is 3.21. The van der Waals surface area contributed by atoms with Crippen LogP contribution in [0.3, 0.4) is 0 Å². The molecule has 0 saturated heterocycles. The van der Waals surface area contributed by atoms with Crippen LogP contribution in [-0.4, -0.2) is 30.1 Å². The summed E-state index contributed by atoms with van der Waals surface area (Å²) < 4.78 is 5.65. The van der Waals surface area contributed by atoms with Gasteiger partial charge in [-0.05, 0) is 50.3 Å². The summed E-state index contributed by atoms with van der Waals surface area (Å²) in [5.41, 5.74) is 1.65. The molecular weight excluding hydrogens is 346 g/mol. The quantitative estimate of drug-likeness (QED) is 0.680. The average molecular weight is 378 g/mol. The molecule has 2 rings (SSSR count). The fourth-order valence-corrected chi connectivity index (χ4v) is 4.31. The van der Waals surface area contributed by atoms with E-state index in [1.165, 1.54) is 12.8 Å². The van der Waals surface area contributed by atoms with E-state index in [-0.39, 0.29) is 11.7 Å². The van der Waals surface area contributed by atoms with Crippen molar-refractivity contribution in [2.75, 3.05) is 12.4 Å². The number of nitrogens with one attached hydrogen (secondary N) is 1. The zero-order valence-corrected chi connectivity index (χ0v) is 17.2. The molecule has 0 unspecified atom stereocenters. The Hall–Kier alpha value is -1.49. The van der Waals surface area contributed by atoms with Gasteiger partial charge >= 0.3 is 0 Å². The maximum Gasteiger partial charge on any atom is 0.230 e. The number of carbonyl (C=O) groups excluding carboxylic acids is 2. The number of Topliss-reactive ketones (excluding diaryl/α,β-unsaturated/α-hetero) is 1. The maximum atomic E-state index is 12.3. The molecule has 5 heteroatoms. The summed E-state index contributed by atoms with van der Waals surface area (Å²) in [4.78, 5) is 23.9. The highest BCUT2D eigenvalue weighted by Gasteiger charge is 2.27. The normalized spacial score (nSPS) is 22.7. The first-order valence-electron chi connectivity index (χ1n) is 9.56. The minimum Gasteiger partial charge on any atom is -0.494 e. The third kappa shape index (κ3) is 5.76. The van der Waals surface area contributed by atoms with Crippen LogP contribution < -0.4 is 10.1 Å². The Bertz CT molecular complexity index is 632. The van der Waals surface area contributed by atoms with Crippen molar-refractivity contribution in [1.29, 1.82) is 0 Å². The van der Waals surface area contributed by atoms with Crippen LogP contribution in [0.2, 0.25) is 0 Å². The molecule has 4 nitrogen and oxygen atoms in total. The molecule has 144 valence electrons. The Morgan fingerprint density at radius 1 is 1.27 bits per heavy atom. The van der Waals surface area contributed by atoms with Crippen LogP contribution in [0.15, 0.2) is 18.2 Å². The van der Waals surface area contributed by atoms with Crippen LogP contribution in [0.4, 0.5) is 0 Å². The number of hydrogen-bond donors (Lipinski definition) is 1. The van der Waals surface area contributed by atoms with Crippen molar-refractivity contribution in [2.45, 2.75) is 58.8 Å². The molecule has 1 amide bonds. The van der Waals surface area contributed by atoms with Gasteiger partial charge in [0.15, 0.2) is 5.78 Å². The molecule has 1 fully saturated rings. The van der Waals surface area contributed by atoms with E-state index in [4.69, 9.17) is 4.74 Å². The van der Waals surface area contributed by atoms with Crippen molar-refractivity contribution in [3.63, 3.8) is 0 Å². The lowest BCUT2D eigenvalue weighted by Crippen LogP contribution is -2.44. The van der Waals surface area contributed by atoms with Crippen LogP contribution in [-0.2, 0) is 10.5 Å². The maximum absolute atomic E-state index is 12.3. The number of hydrogen-bond acceptors (Lipinski definition) is 4. The Morgan fingerprint density at radius 3 is 2.73 bits per heavy atom. The topological polar surface area (TPSA) is 55.4 Å². The van der Waals surface area contributed by atoms with Crippen LogP contribution in [0.1, 0.15) is 62.9 Å². The highest BCUT2D eigenvalue weighted by atomic mass is 32.2.